The van der Waals surface area contributed by atoms with Crippen LogP contribution in [-0.4, -0.2) is 23.0 Å². The van der Waals surface area contributed by atoms with Crippen LogP contribution in [0.4, 0.5) is 10.5 Å². The molecule has 0 aliphatic heterocycles. The van der Waals surface area contributed by atoms with Gasteiger partial charge in [-0.3, -0.25) is 4.79 Å². The molecule has 1 heterocycles. The number of thiazole rings is 1. The van der Waals surface area contributed by atoms with Gasteiger partial charge in [0.25, 0.3) is 5.91 Å². The molecule has 3 rings (SSSR count). The molecular formula is C23H26N4O3S. The molecule has 1 aromatic heterocycles. The van der Waals surface area contributed by atoms with E-state index in [-0.39, 0.29) is 18.0 Å². The Kier molecular flexibility index (Phi) is 7.61. The zero-order valence-electron chi connectivity index (χ0n) is 17.8. The minimum absolute atomic E-state index is 0.0647. The molecule has 0 fully saturated rings. The Balaban J connectivity index is 1.50. The zero-order valence-corrected chi connectivity index (χ0v) is 18.6. The number of amides is 3. The number of aromatic nitrogens is 1. The van der Waals surface area contributed by atoms with E-state index in [1.807, 2.05) is 44.4 Å². The average Bonchev–Trinajstić information content (AvgIpc) is 3.16. The largest absolute Gasteiger partial charge is 0.487 e. The molecule has 3 N–H and O–H groups in total. The first-order chi connectivity index (χ1) is 14.9. The number of nitrogens with zero attached hydrogens (tertiary/aromatic N) is 1. The van der Waals surface area contributed by atoms with E-state index in [1.165, 1.54) is 0 Å². The molecule has 0 radical (unpaired) electrons. The molecule has 0 saturated carbocycles. The van der Waals surface area contributed by atoms with Crippen molar-refractivity contribution >= 4 is 29.0 Å². The van der Waals surface area contributed by atoms with Gasteiger partial charge in [0.15, 0.2) is 0 Å². The number of rotatable bonds is 8. The molecule has 0 unspecified atom stereocenters. The minimum Gasteiger partial charge on any atom is -0.487 e. The molecule has 0 aliphatic carbocycles. The van der Waals surface area contributed by atoms with Crippen molar-refractivity contribution in [3.8, 4) is 5.75 Å². The standard InChI is InChI=1S/C23H26N4O3S/c1-15(2)25-23(29)27-19-9-7-17(8-10-19)12-24-22(28)18-5-4-6-21(11-18)30-13-20-14-31-16(3)26-20/h4-11,14-15H,12-13H2,1-3H3,(H,24,28)(H2,25,27,29). The molecule has 3 aromatic rings. The van der Waals surface area contributed by atoms with Crippen LogP contribution in [-0.2, 0) is 13.2 Å². The van der Waals surface area contributed by atoms with Gasteiger partial charge in [-0.1, -0.05) is 18.2 Å². The number of anilines is 1. The van der Waals surface area contributed by atoms with Crippen molar-refractivity contribution in [2.45, 2.75) is 40.0 Å². The number of hydrogen-bond donors (Lipinski definition) is 3. The van der Waals surface area contributed by atoms with E-state index in [0.29, 0.717) is 30.2 Å². The van der Waals surface area contributed by atoms with Crippen LogP contribution in [0, 0.1) is 6.92 Å². The van der Waals surface area contributed by atoms with E-state index in [1.54, 1.807) is 41.7 Å². The van der Waals surface area contributed by atoms with Crippen LogP contribution in [0.25, 0.3) is 0 Å². The van der Waals surface area contributed by atoms with Gasteiger partial charge < -0.3 is 20.7 Å². The first-order valence-electron chi connectivity index (χ1n) is 9.97. The smallest absolute Gasteiger partial charge is 0.319 e. The van der Waals surface area contributed by atoms with Gasteiger partial charge in [0.1, 0.15) is 12.4 Å². The number of ether oxygens (including phenoxy) is 1. The molecule has 8 heteroatoms. The van der Waals surface area contributed by atoms with Crippen molar-refractivity contribution in [1.82, 2.24) is 15.6 Å². The predicted molar refractivity (Wildman–Crippen MR) is 123 cm³/mol. The topological polar surface area (TPSA) is 92.3 Å². The highest BCUT2D eigenvalue weighted by molar-refractivity contribution is 7.09. The molecule has 0 saturated heterocycles. The van der Waals surface area contributed by atoms with Crippen LogP contribution >= 0.6 is 11.3 Å². The van der Waals surface area contributed by atoms with Crippen LogP contribution in [0.3, 0.4) is 0 Å². The lowest BCUT2D eigenvalue weighted by Crippen LogP contribution is -2.34. The summed E-state index contributed by atoms with van der Waals surface area (Å²) in [5.74, 6) is 0.432. The first-order valence-corrected chi connectivity index (χ1v) is 10.9. The normalized spacial score (nSPS) is 10.6. The molecule has 31 heavy (non-hydrogen) atoms. The molecule has 3 amide bonds. The van der Waals surface area contributed by atoms with E-state index < -0.39 is 0 Å². The minimum atomic E-state index is -0.247. The Morgan fingerprint density at radius 1 is 1.13 bits per heavy atom. The van der Waals surface area contributed by atoms with E-state index in [2.05, 4.69) is 20.9 Å². The van der Waals surface area contributed by atoms with Crippen molar-refractivity contribution in [1.29, 1.82) is 0 Å². The molecule has 7 nitrogen and oxygen atoms in total. The second kappa shape index (κ2) is 10.6. The number of benzene rings is 2. The maximum Gasteiger partial charge on any atom is 0.319 e. The SMILES string of the molecule is Cc1nc(COc2cccc(C(=O)NCc3ccc(NC(=O)NC(C)C)cc3)c2)cs1. The fraction of sp³-hybridized carbons (Fsp3) is 0.261. The maximum absolute atomic E-state index is 12.5. The molecule has 0 atom stereocenters. The summed E-state index contributed by atoms with van der Waals surface area (Å²) in [5.41, 5.74) is 3.01. The van der Waals surface area contributed by atoms with Gasteiger partial charge in [0.05, 0.1) is 10.7 Å². The molecule has 0 spiro atoms. The number of nitrogens with one attached hydrogen (secondary N) is 3. The summed E-state index contributed by atoms with van der Waals surface area (Å²) in [7, 11) is 0. The predicted octanol–water partition coefficient (Wildman–Crippen LogP) is 4.49. The quantitative estimate of drug-likeness (QED) is 0.483. The molecule has 0 aliphatic rings. The average molecular weight is 439 g/mol. The van der Waals surface area contributed by atoms with Gasteiger partial charge in [-0.25, -0.2) is 9.78 Å². The summed E-state index contributed by atoms with van der Waals surface area (Å²) < 4.78 is 5.75. The number of hydrogen-bond acceptors (Lipinski definition) is 5. The Morgan fingerprint density at radius 3 is 2.58 bits per heavy atom. The lowest BCUT2D eigenvalue weighted by Gasteiger charge is -2.11. The van der Waals surface area contributed by atoms with Crippen molar-refractivity contribution in [2.24, 2.45) is 0 Å². The lowest BCUT2D eigenvalue weighted by molar-refractivity contribution is 0.0950. The summed E-state index contributed by atoms with van der Waals surface area (Å²) in [6.45, 7) is 6.49. The summed E-state index contributed by atoms with van der Waals surface area (Å²) in [6, 6.07) is 14.2. The highest BCUT2D eigenvalue weighted by Crippen LogP contribution is 2.17. The van der Waals surface area contributed by atoms with Crippen LogP contribution in [0.5, 0.6) is 5.75 Å². The molecular weight excluding hydrogens is 412 g/mol. The van der Waals surface area contributed by atoms with Crippen molar-refractivity contribution in [2.75, 3.05) is 5.32 Å². The highest BCUT2D eigenvalue weighted by Gasteiger charge is 2.08. The fourth-order valence-electron chi connectivity index (χ4n) is 2.78. The third-order valence-corrected chi connectivity index (χ3v) is 5.06. The molecule has 162 valence electrons. The van der Waals surface area contributed by atoms with Gasteiger partial charge in [0, 0.05) is 29.2 Å². The van der Waals surface area contributed by atoms with Crippen molar-refractivity contribution in [3.05, 3.63) is 75.7 Å². The van der Waals surface area contributed by atoms with Gasteiger partial charge in [-0.2, -0.15) is 0 Å². The van der Waals surface area contributed by atoms with Gasteiger partial charge >= 0.3 is 6.03 Å². The van der Waals surface area contributed by atoms with Gasteiger partial charge in [-0.05, 0) is 56.7 Å². The summed E-state index contributed by atoms with van der Waals surface area (Å²) in [5, 5.41) is 11.4. The number of aryl methyl sites for hydroxylation is 1. The van der Waals surface area contributed by atoms with Gasteiger partial charge in [0.2, 0.25) is 0 Å². The lowest BCUT2D eigenvalue weighted by atomic mass is 10.1. The Morgan fingerprint density at radius 2 is 1.90 bits per heavy atom. The second-order valence-electron chi connectivity index (χ2n) is 7.31. The third-order valence-electron chi connectivity index (χ3n) is 4.23. The number of carbonyl (C=O) groups is 2. The summed E-state index contributed by atoms with van der Waals surface area (Å²) in [6.07, 6.45) is 0. The second-order valence-corrected chi connectivity index (χ2v) is 8.37. The summed E-state index contributed by atoms with van der Waals surface area (Å²) in [4.78, 5) is 28.6. The van der Waals surface area contributed by atoms with Crippen LogP contribution in [0.2, 0.25) is 0 Å². The van der Waals surface area contributed by atoms with E-state index in [0.717, 1.165) is 16.3 Å². The molecule has 0 bridgehead atoms. The fourth-order valence-corrected chi connectivity index (χ4v) is 3.38. The summed E-state index contributed by atoms with van der Waals surface area (Å²) >= 11 is 1.58. The highest BCUT2D eigenvalue weighted by atomic mass is 32.1. The number of carbonyl (C=O) groups excluding carboxylic acids is 2. The first kappa shape index (κ1) is 22.3. The van der Waals surface area contributed by atoms with Crippen LogP contribution in [0.15, 0.2) is 53.9 Å². The van der Waals surface area contributed by atoms with E-state index in [9.17, 15) is 9.59 Å². The van der Waals surface area contributed by atoms with E-state index >= 15 is 0 Å². The zero-order chi connectivity index (χ0) is 22.2. The Labute approximate surface area is 185 Å². The van der Waals surface area contributed by atoms with Crippen LogP contribution in [0.1, 0.15) is 40.5 Å². The van der Waals surface area contributed by atoms with E-state index in [4.69, 9.17) is 4.74 Å². The maximum atomic E-state index is 12.5. The van der Waals surface area contributed by atoms with Gasteiger partial charge in [-0.15, -0.1) is 11.3 Å². The third kappa shape index (κ3) is 7.11. The van der Waals surface area contributed by atoms with Crippen LogP contribution < -0.4 is 20.7 Å². The van der Waals surface area contributed by atoms with Crippen molar-refractivity contribution < 1.29 is 14.3 Å². The Bertz CT molecular complexity index is 1030. The van der Waals surface area contributed by atoms with Crippen molar-refractivity contribution in [3.63, 3.8) is 0 Å². The molecule has 2 aromatic carbocycles. The monoisotopic (exact) mass is 438 g/mol. The number of urea groups is 1. The Hall–Kier alpha value is -3.39.